The van der Waals surface area contributed by atoms with Gasteiger partial charge in [-0.05, 0) is 47.9 Å². The molecule has 1 amide bonds. The van der Waals surface area contributed by atoms with Gasteiger partial charge in [0.2, 0.25) is 5.88 Å². The van der Waals surface area contributed by atoms with Crippen LogP contribution in [0.1, 0.15) is 28.0 Å². The number of hydrogen-bond donors (Lipinski definition) is 3. The average Bonchev–Trinajstić information content (AvgIpc) is 3.40. The van der Waals surface area contributed by atoms with Crippen LogP contribution in [0.3, 0.4) is 0 Å². The number of nitrogens with zero attached hydrogens (tertiary/aromatic N) is 4. The van der Waals surface area contributed by atoms with Crippen molar-refractivity contribution in [3.8, 4) is 5.88 Å². The number of alkyl halides is 3. The van der Waals surface area contributed by atoms with Gasteiger partial charge in [0.15, 0.2) is 5.13 Å². The van der Waals surface area contributed by atoms with E-state index in [0.717, 1.165) is 28.3 Å². The largest absolute Gasteiger partial charge is 0.492 e. The van der Waals surface area contributed by atoms with Crippen molar-refractivity contribution in [2.45, 2.75) is 12.6 Å². The van der Waals surface area contributed by atoms with Crippen LogP contribution in [0.25, 0.3) is 22.6 Å². The fourth-order valence-corrected chi connectivity index (χ4v) is 5.58. The zero-order valence-corrected chi connectivity index (χ0v) is 21.2. The van der Waals surface area contributed by atoms with Crippen LogP contribution < -0.4 is 4.90 Å². The van der Waals surface area contributed by atoms with Crippen molar-refractivity contribution in [2.24, 2.45) is 0 Å². The molecule has 0 unspecified atom stereocenters. The lowest BCUT2D eigenvalue weighted by atomic mass is 9.98. The smallest absolute Gasteiger partial charge is 0.417 e. The van der Waals surface area contributed by atoms with Gasteiger partial charge in [0.1, 0.15) is 4.88 Å². The average molecular weight is 564 g/mol. The van der Waals surface area contributed by atoms with Crippen molar-refractivity contribution in [3.05, 3.63) is 69.2 Å². The van der Waals surface area contributed by atoms with Gasteiger partial charge in [-0.25, -0.2) is 4.79 Å². The highest BCUT2D eigenvalue weighted by molar-refractivity contribution is 7.17. The Morgan fingerprint density at radius 1 is 1.13 bits per heavy atom. The first-order chi connectivity index (χ1) is 18.1. The zero-order valence-electron chi connectivity index (χ0n) is 19.7. The summed E-state index contributed by atoms with van der Waals surface area (Å²) in [5, 5.41) is 28.2. The summed E-state index contributed by atoms with van der Waals surface area (Å²) in [4.78, 5) is 19.1. The van der Waals surface area contributed by atoms with Gasteiger partial charge < -0.3 is 20.0 Å². The van der Waals surface area contributed by atoms with Gasteiger partial charge in [0, 0.05) is 42.2 Å². The number of fused-ring (bicyclic) bond motifs is 1. The first-order valence-corrected chi connectivity index (χ1v) is 12.7. The molecule has 1 aliphatic heterocycles. The number of carboxylic acid groups (broad SMARTS) is 1. The molecule has 2 aromatic carbocycles. The van der Waals surface area contributed by atoms with Crippen molar-refractivity contribution in [2.75, 3.05) is 31.1 Å². The summed E-state index contributed by atoms with van der Waals surface area (Å²) in [6.07, 6.45) is -2.12. The van der Waals surface area contributed by atoms with E-state index < -0.39 is 17.8 Å². The maximum atomic E-state index is 13.9. The zero-order chi connectivity index (χ0) is 27.0. The number of nitrogens with one attached hydrogen (secondary N) is 1. The Kier molecular flexibility index (Phi) is 6.93. The van der Waals surface area contributed by atoms with E-state index in [1.807, 2.05) is 4.90 Å². The molecule has 13 heteroatoms. The normalized spacial score (nSPS) is 15.2. The molecule has 0 spiro atoms. The molecule has 38 heavy (non-hydrogen) atoms. The summed E-state index contributed by atoms with van der Waals surface area (Å²) in [5.74, 6) is -0.328. The van der Waals surface area contributed by atoms with Gasteiger partial charge in [0.05, 0.1) is 17.3 Å². The van der Waals surface area contributed by atoms with E-state index in [1.165, 1.54) is 23.1 Å². The minimum absolute atomic E-state index is 0.0460. The van der Waals surface area contributed by atoms with Gasteiger partial charge in [-0.2, -0.15) is 23.3 Å². The summed E-state index contributed by atoms with van der Waals surface area (Å²) in [6.45, 7) is 1.53. The number of halogens is 4. The summed E-state index contributed by atoms with van der Waals surface area (Å²) in [6, 6.07) is 8.78. The highest BCUT2D eigenvalue weighted by Gasteiger charge is 2.33. The SMILES string of the molecule is O=C(O)N1CCCN(c2nc(O)c(C(=Cc3ccc(Cl)cc3C(F)(F)F)c3ccc4[nH]ncc4c3)s2)CC1. The molecular weight excluding hydrogens is 543 g/mol. The number of rotatable bonds is 4. The predicted octanol–water partition coefficient (Wildman–Crippen LogP) is 6.18. The Morgan fingerprint density at radius 2 is 1.95 bits per heavy atom. The van der Waals surface area contributed by atoms with Crippen LogP contribution in [0, 0.1) is 0 Å². The summed E-state index contributed by atoms with van der Waals surface area (Å²) in [7, 11) is 0. The van der Waals surface area contributed by atoms with Crippen LogP contribution in [-0.2, 0) is 6.18 Å². The van der Waals surface area contributed by atoms with Gasteiger partial charge in [-0.3, -0.25) is 5.10 Å². The van der Waals surface area contributed by atoms with E-state index in [4.69, 9.17) is 11.6 Å². The Morgan fingerprint density at radius 3 is 2.71 bits per heavy atom. The van der Waals surface area contributed by atoms with Crippen molar-refractivity contribution >= 4 is 56.7 Å². The summed E-state index contributed by atoms with van der Waals surface area (Å²) >= 11 is 7.01. The number of aromatic hydroxyl groups is 1. The van der Waals surface area contributed by atoms with E-state index in [-0.39, 0.29) is 27.9 Å². The van der Waals surface area contributed by atoms with Crippen LogP contribution in [0.4, 0.5) is 23.1 Å². The first-order valence-electron chi connectivity index (χ1n) is 11.5. The topological polar surface area (TPSA) is 106 Å². The molecule has 2 aromatic heterocycles. The van der Waals surface area contributed by atoms with E-state index in [0.29, 0.717) is 42.3 Å². The van der Waals surface area contributed by atoms with E-state index in [1.54, 1.807) is 24.4 Å². The molecule has 198 valence electrons. The molecule has 4 aromatic rings. The minimum Gasteiger partial charge on any atom is -0.492 e. The van der Waals surface area contributed by atoms with Crippen LogP contribution >= 0.6 is 22.9 Å². The maximum absolute atomic E-state index is 13.9. The van der Waals surface area contributed by atoms with Crippen molar-refractivity contribution in [1.82, 2.24) is 20.1 Å². The number of anilines is 1. The Balaban J connectivity index is 1.62. The third-order valence-electron chi connectivity index (χ3n) is 6.25. The quantitative estimate of drug-likeness (QED) is 0.256. The number of thiazole rings is 1. The molecule has 0 bridgehead atoms. The second-order valence-corrected chi connectivity index (χ2v) is 10.1. The second kappa shape index (κ2) is 10.2. The maximum Gasteiger partial charge on any atom is 0.417 e. The molecule has 1 fully saturated rings. The van der Waals surface area contributed by atoms with Crippen molar-refractivity contribution in [1.29, 1.82) is 0 Å². The van der Waals surface area contributed by atoms with Gasteiger partial charge in [-0.1, -0.05) is 35.1 Å². The molecule has 0 atom stereocenters. The highest BCUT2D eigenvalue weighted by Crippen LogP contribution is 2.42. The van der Waals surface area contributed by atoms with Crippen LogP contribution in [0.2, 0.25) is 5.02 Å². The van der Waals surface area contributed by atoms with Crippen molar-refractivity contribution in [3.63, 3.8) is 0 Å². The second-order valence-electron chi connectivity index (χ2n) is 8.72. The Bertz CT molecular complexity index is 1530. The molecule has 3 N–H and O–H groups in total. The van der Waals surface area contributed by atoms with Crippen molar-refractivity contribution < 1.29 is 28.2 Å². The molecule has 0 aliphatic carbocycles. The highest BCUT2D eigenvalue weighted by atomic mass is 35.5. The summed E-state index contributed by atoms with van der Waals surface area (Å²) < 4.78 is 41.7. The monoisotopic (exact) mass is 563 g/mol. The van der Waals surface area contributed by atoms with Gasteiger partial charge in [-0.15, -0.1) is 0 Å². The Labute approximate surface area is 223 Å². The number of aromatic nitrogens is 3. The molecular formula is C25H21ClF3N5O3S. The fourth-order valence-electron chi connectivity index (χ4n) is 4.36. The third kappa shape index (κ3) is 5.27. The van der Waals surface area contributed by atoms with Gasteiger partial charge in [0.25, 0.3) is 0 Å². The number of hydrogen-bond acceptors (Lipinski definition) is 6. The lowest BCUT2D eigenvalue weighted by Crippen LogP contribution is -2.34. The number of benzene rings is 2. The van der Waals surface area contributed by atoms with Crippen LogP contribution in [0.15, 0.2) is 42.6 Å². The Hall–Kier alpha value is -3.77. The standard InChI is InChI=1S/C25H21ClF3N5O3S/c26-17-4-2-15(19(12-17)25(27,28)29)11-18(14-3-5-20-16(10-14)13-30-32-20)21-22(35)31-23(38-21)33-6-1-7-34(9-8-33)24(36)37/h2-5,10-13,35H,1,6-9H2,(H,30,32)(H,36,37). The molecule has 8 nitrogen and oxygen atoms in total. The lowest BCUT2D eigenvalue weighted by Gasteiger charge is -2.19. The molecule has 0 radical (unpaired) electrons. The number of amides is 1. The minimum atomic E-state index is -4.65. The number of H-pyrrole nitrogens is 1. The van der Waals surface area contributed by atoms with Crippen LogP contribution in [0.5, 0.6) is 5.88 Å². The molecule has 3 heterocycles. The number of aromatic amines is 1. The summed E-state index contributed by atoms with van der Waals surface area (Å²) in [5.41, 5.74) is 0.615. The molecule has 0 saturated carbocycles. The molecule has 1 saturated heterocycles. The third-order valence-corrected chi connectivity index (χ3v) is 7.63. The van der Waals surface area contributed by atoms with Gasteiger partial charge >= 0.3 is 12.3 Å². The van der Waals surface area contributed by atoms with E-state index in [9.17, 15) is 28.2 Å². The lowest BCUT2D eigenvalue weighted by molar-refractivity contribution is -0.137. The van der Waals surface area contributed by atoms with Crippen LogP contribution in [-0.4, -0.2) is 62.6 Å². The fraction of sp³-hybridized carbons (Fsp3) is 0.240. The van der Waals surface area contributed by atoms with E-state index in [2.05, 4.69) is 15.2 Å². The molecule has 1 aliphatic rings. The van der Waals surface area contributed by atoms with E-state index >= 15 is 0 Å². The number of carbonyl (C=O) groups is 1. The predicted molar refractivity (Wildman–Crippen MR) is 140 cm³/mol. The molecule has 5 rings (SSSR count). The first kappa shape index (κ1) is 25.9.